The second-order valence-corrected chi connectivity index (χ2v) is 10.4. The van der Waals surface area contributed by atoms with E-state index in [-0.39, 0.29) is 17.6 Å². The first-order valence-electron chi connectivity index (χ1n) is 11.2. The van der Waals surface area contributed by atoms with Crippen molar-refractivity contribution >= 4 is 63.2 Å². The van der Waals surface area contributed by atoms with Gasteiger partial charge < -0.3 is 15.4 Å². The predicted molar refractivity (Wildman–Crippen MR) is 151 cm³/mol. The summed E-state index contributed by atoms with van der Waals surface area (Å²) in [7, 11) is 1.32. The first kappa shape index (κ1) is 26.5. The highest BCUT2D eigenvalue weighted by Gasteiger charge is 2.22. The maximum atomic E-state index is 12.8. The van der Waals surface area contributed by atoms with Gasteiger partial charge in [0, 0.05) is 32.1 Å². The molecule has 188 valence electrons. The molecule has 0 saturated heterocycles. The van der Waals surface area contributed by atoms with Gasteiger partial charge in [-0.05, 0) is 48.9 Å². The minimum absolute atomic E-state index is 0.115. The van der Waals surface area contributed by atoms with Gasteiger partial charge >= 0.3 is 5.97 Å². The van der Waals surface area contributed by atoms with Crippen LogP contribution in [0.25, 0.3) is 11.1 Å². The summed E-state index contributed by atoms with van der Waals surface area (Å²) in [6.45, 7) is 1.99. The molecule has 4 rings (SSSR count). The molecule has 1 aromatic heterocycles. The number of thioether (sulfide) groups is 1. The predicted octanol–water partition coefficient (Wildman–Crippen LogP) is 7.15. The first-order valence-corrected chi connectivity index (χ1v) is 13.4. The van der Waals surface area contributed by atoms with Crippen LogP contribution in [0.5, 0.6) is 0 Å². The zero-order chi connectivity index (χ0) is 26.4. The van der Waals surface area contributed by atoms with Crippen LogP contribution in [0.15, 0.2) is 83.1 Å². The topological polar surface area (TPSA) is 84.5 Å². The smallest absolute Gasteiger partial charge is 0.341 e. The van der Waals surface area contributed by atoms with Crippen molar-refractivity contribution in [1.82, 2.24) is 0 Å². The normalized spacial score (nSPS) is 10.6. The molecule has 0 aliphatic carbocycles. The molecule has 2 N–H and O–H groups in total. The Morgan fingerprint density at radius 1 is 0.973 bits per heavy atom. The molecule has 0 fully saturated rings. The number of benzene rings is 3. The third-order valence-electron chi connectivity index (χ3n) is 5.34. The number of ether oxygens (including phenoxy) is 1. The fourth-order valence-electron chi connectivity index (χ4n) is 3.51. The molecule has 0 spiro atoms. The first-order chi connectivity index (χ1) is 17.8. The summed E-state index contributed by atoms with van der Waals surface area (Å²) in [5.74, 6) is -0.937. The Bertz CT molecular complexity index is 1450. The Balaban J connectivity index is 1.42. The van der Waals surface area contributed by atoms with Gasteiger partial charge in [0.05, 0.1) is 12.9 Å². The Hall–Kier alpha value is -3.59. The molecule has 1 heterocycles. The number of carbonyl (C=O) groups excluding carboxylic acids is 3. The highest BCUT2D eigenvalue weighted by atomic mass is 35.5. The molecule has 4 aromatic rings. The standard InChI is InChI=1S/C28H23ClN2O4S2/c1-17-9-11-18(12-10-17)23-15-37-27(25(23)28(34)35-2)31-24(32)16-36-22-8-4-7-21(14-22)30-26(33)19-5-3-6-20(29)13-19/h3-15H,16H2,1-2H3,(H,30,33)(H,31,32). The molecule has 6 nitrogen and oxygen atoms in total. The fraction of sp³-hybridized carbons (Fsp3) is 0.107. The summed E-state index contributed by atoms with van der Waals surface area (Å²) in [5.41, 5.74) is 4.08. The average Bonchev–Trinajstić information content (AvgIpc) is 3.31. The van der Waals surface area contributed by atoms with Gasteiger partial charge in [0.1, 0.15) is 10.6 Å². The number of methoxy groups -OCH3 is 1. The number of rotatable bonds is 8. The Morgan fingerprint density at radius 2 is 1.73 bits per heavy atom. The lowest BCUT2D eigenvalue weighted by atomic mass is 10.0. The number of nitrogens with one attached hydrogen (secondary N) is 2. The summed E-state index contributed by atoms with van der Waals surface area (Å²) >= 11 is 8.57. The fourth-order valence-corrected chi connectivity index (χ4v) is 5.43. The van der Waals surface area contributed by atoms with E-state index in [1.807, 2.05) is 42.6 Å². The van der Waals surface area contributed by atoms with Gasteiger partial charge in [0.2, 0.25) is 5.91 Å². The minimum Gasteiger partial charge on any atom is -0.465 e. The number of hydrogen-bond acceptors (Lipinski definition) is 6. The summed E-state index contributed by atoms with van der Waals surface area (Å²) in [4.78, 5) is 38.6. The van der Waals surface area contributed by atoms with E-state index in [0.717, 1.165) is 16.0 Å². The van der Waals surface area contributed by atoms with E-state index in [1.54, 1.807) is 42.5 Å². The number of thiophene rings is 1. The van der Waals surface area contributed by atoms with E-state index >= 15 is 0 Å². The van der Waals surface area contributed by atoms with Crippen molar-refractivity contribution in [2.75, 3.05) is 23.5 Å². The summed E-state index contributed by atoms with van der Waals surface area (Å²) in [5, 5.41) is 8.45. The van der Waals surface area contributed by atoms with E-state index in [2.05, 4.69) is 10.6 Å². The van der Waals surface area contributed by atoms with E-state index < -0.39 is 5.97 Å². The molecule has 0 radical (unpaired) electrons. The highest BCUT2D eigenvalue weighted by molar-refractivity contribution is 8.00. The maximum absolute atomic E-state index is 12.8. The molecular weight excluding hydrogens is 528 g/mol. The molecule has 3 aromatic carbocycles. The number of anilines is 2. The zero-order valence-corrected chi connectivity index (χ0v) is 22.4. The summed E-state index contributed by atoms with van der Waals surface area (Å²) < 4.78 is 4.98. The van der Waals surface area contributed by atoms with E-state index in [1.165, 1.54) is 30.2 Å². The van der Waals surface area contributed by atoms with Crippen molar-refractivity contribution < 1.29 is 19.1 Å². The van der Waals surface area contributed by atoms with E-state index in [0.29, 0.717) is 32.4 Å². The van der Waals surface area contributed by atoms with Crippen LogP contribution in [0.2, 0.25) is 5.02 Å². The molecule has 2 amide bonds. The SMILES string of the molecule is COC(=O)c1c(-c2ccc(C)cc2)csc1NC(=O)CSc1cccc(NC(=O)c2cccc(Cl)c2)c1. The van der Waals surface area contributed by atoms with E-state index in [9.17, 15) is 14.4 Å². The molecule has 0 atom stereocenters. The van der Waals surface area contributed by atoms with Crippen LogP contribution >= 0.6 is 34.7 Å². The molecule has 9 heteroatoms. The Morgan fingerprint density at radius 3 is 2.46 bits per heavy atom. The second-order valence-electron chi connectivity index (χ2n) is 8.04. The van der Waals surface area contributed by atoms with Crippen LogP contribution < -0.4 is 10.6 Å². The van der Waals surface area contributed by atoms with Gasteiger partial charge in [-0.25, -0.2) is 4.79 Å². The quantitative estimate of drug-likeness (QED) is 0.180. The second kappa shape index (κ2) is 12.1. The van der Waals surface area contributed by atoms with Crippen molar-refractivity contribution in [3.63, 3.8) is 0 Å². The van der Waals surface area contributed by atoms with Crippen LogP contribution in [-0.2, 0) is 9.53 Å². The average molecular weight is 551 g/mol. The lowest BCUT2D eigenvalue weighted by molar-refractivity contribution is -0.113. The highest BCUT2D eigenvalue weighted by Crippen LogP contribution is 2.36. The molecule has 0 aliphatic rings. The van der Waals surface area contributed by atoms with Crippen molar-refractivity contribution in [2.24, 2.45) is 0 Å². The van der Waals surface area contributed by atoms with Crippen molar-refractivity contribution in [1.29, 1.82) is 0 Å². The Labute approximate surface area is 228 Å². The summed E-state index contributed by atoms with van der Waals surface area (Å²) in [6, 6.07) is 21.7. The van der Waals surface area contributed by atoms with E-state index in [4.69, 9.17) is 16.3 Å². The number of esters is 1. The third-order valence-corrected chi connectivity index (χ3v) is 7.47. The van der Waals surface area contributed by atoms with Gasteiger partial charge in [-0.3, -0.25) is 9.59 Å². The zero-order valence-electron chi connectivity index (χ0n) is 20.0. The van der Waals surface area contributed by atoms with Crippen molar-refractivity contribution in [3.8, 4) is 11.1 Å². The molecule has 0 bridgehead atoms. The third kappa shape index (κ3) is 6.80. The van der Waals surface area contributed by atoms with Gasteiger partial charge in [-0.2, -0.15) is 0 Å². The van der Waals surface area contributed by atoms with Crippen LogP contribution in [0.4, 0.5) is 10.7 Å². The van der Waals surface area contributed by atoms with Gasteiger partial charge in [0.15, 0.2) is 0 Å². The van der Waals surface area contributed by atoms with Crippen LogP contribution in [0, 0.1) is 6.92 Å². The number of aryl methyl sites for hydroxylation is 1. The Kier molecular flexibility index (Phi) is 8.66. The number of hydrogen-bond donors (Lipinski definition) is 2. The number of halogens is 1. The van der Waals surface area contributed by atoms with Gasteiger partial charge in [-0.15, -0.1) is 23.1 Å². The molecule has 0 unspecified atom stereocenters. The minimum atomic E-state index is -0.511. The van der Waals surface area contributed by atoms with Crippen LogP contribution in [0.1, 0.15) is 26.3 Å². The van der Waals surface area contributed by atoms with Crippen molar-refractivity contribution in [3.05, 3.63) is 99.9 Å². The molecule has 37 heavy (non-hydrogen) atoms. The number of amides is 2. The monoisotopic (exact) mass is 550 g/mol. The molecule has 0 saturated carbocycles. The largest absolute Gasteiger partial charge is 0.465 e. The van der Waals surface area contributed by atoms with Crippen LogP contribution in [0.3, 0.4) is 0 Å². The maximum Gasteiger partial charge on any atom is 0.341 e. The molecule has 0 aliphatic heterocycles. The number of carbonyl (C=O) groups is 3. The van der Waals surface area contributed by atoms with Crippen molar-refractivity contribution in [2.45, 2.75) is 11.8 Å². The van der Waals surface area contributed by atoms with Crippen LogP contribution in [-0.4, -0.2) is 30.6 Å². The van der Waals surface area contributed by atoms with Gasteiger partial charge in [0.25, 0.3) is 5.91 Å². The van der Waals surface area contributed by atoms with Gasteiger partial charge in [-0.1, -0.05) is 53.6 Å². The lowest BCUT2D eigenvalue weighted by Crippen LogP contribution is -2.16. The molecular formula is C28H23ClN2O4S2. The lowest BCUT2D eigenvalue weighted by Gasteiger charge is -2.09. The summed E-state index contributed by atoms with van der Waals surface area (Å²) in [6.07, 6.45) is 0.